The summed E-state index contributed by atoms with van der Waals surface area (Å²) in [6.45, 7) is 3.46. The molecule has 1 fully saturated rings. The van der Waals surface area contributed by atoms with E-state index in [2.05, 4.69) is 38.2 Å². The summed E-state index contributed by atoms with van der Waals surface area (Å²) in [5.41, 5.74) is 0. The number of ether oxygens (including phenoxy) is 4. The van der Waals surface area contributed by atoms with E-state index < -0.39 is 49.4 Å². The first-order valence-electron chi connectivity index (χ1n) is 28.4. The van der Waals surface area contributed by atoms with Gasteiger partial charge in [-0.3, -0.25) is 9.59 Å². The van der Waals surface area contributed by atoms with Crippen molar-refractivity contribution in [3.05, 3.63) is 24.3 Å². The van der Waals surface area contributed by atoms with E-state index in [1.54, 1.807) is 0 Å². The summed E-state index contributed by atoms with van der Waals surface area (Å²) < 4.78 is 22.3. The summed E-state index contributed by atoms with van der Waals surface area (Å²) in [5, 5.41) is 40.3. The van der Waals surface area contributed by atoms with Gasteiger partial charge >= 0.3 is 11.9 Å². The number of hydrogen-bond acceptors (Lipinski definition) is 10. The molecule has 0 spiro atoms. The second-order valence-electron chi connectivity index (χ2n) is 19.7. The van der Waals surface area contributed by atoms with Crippen molar-refractivity contribution in [1.29, 1.82) is 0 Å². The third kappa shape index (κ3) is 38.6. The predicted molar refractivity (Wildman–Crippen MR) is 275 cm³/mol. The van der Waals surface area contributed by atoms with Gasteiger partial charge in [0, 0.05) is 12.8 Å². The van der Waals surface area contributed by atoms with Crippen molar-refractivity contribution < 1.29 is 49.0 Å². The average molecular weight is 951 g/mol. The van der Waals surface area contributed by atoms with Gasteiger partial charge in [-0.2, -0.15) is 0 Å². The Bertz CT molecular complexity index is 1140. The van der Waals surface area contributed by atoms with E-state index in [1.807, 2.05) is 0 Å². The highest BCUT2D eigenvalue weighted by Crippen LogP contribution is 2.23. The second kappa shape index (κ2) is 47.8. The van der Waals surface area contributed by atoms with Gasteiger partial charge in [0.15, 0.2) is 12.4 Å². The Labute approximate surface area is 411 Å². The molecule has 1 saturated heterocycles. The predicted octanol–water partition coefficient (Wildman–Crippen LogP) is 14.0. The number of carbonyl (C=O) groups is 2. The first-order chi connectivity index (χ1) is 32.8. The number of esters is 2. The lowest BCUT2D eigenvalue weighted by molar-refractivity contribution is -0.305. The van der Waals surface area contributed by atoms with Gasteiger partial charge in [0.2, 0.25) is 0 Å². The Morgan fingerprint density at radius 2 is 0.836 bits per heavy atom. The largest absolute Gasteiger partial charge is 0.462 e. The molecule has 6 atom stereocenters. The molecule has 6 unspecified atom stereocenters. The summed E-state index contributed by atoms with van der Waals surface area (Å²) >= 11 is 0. The van der Waals surface area contributed by atoms with Gasteiger partial charge in [-0.1, -0.05) is 237 Å². The van der Waals surface area contributed by atoms with Crippen LogP contribution < -0.4 is 0 Å². The fourth-order valence-corrected chi connectivity index (χ4v) is 8.87. The topological polar surface area (TPSA) is 152 Å². The van der Waals surface area contributed by atoms with Gasteiger partial charge in [0.25, 0.3) is 0 Å². The molecule has 1 heterocycles. The van der Waals surface area contributed by atoms with Gasteiger partial charge in [-0.05, 0) is 44.9 Å². The van der Waals surface area contributed by atoms with Crippen molar-refractivity contribution >= 4 is 11.9 Å². The average Bonchev–Trinajstić information content (AvgIpc) is 3.33. The SMILES string of the molecule is CCCCCCC/C=C\C/C=C\CCCCCCCCCCCC(=O)OC(COC(=O)CCCCCCCCCCCCCCCCCCCCCCC)COC1OC(CO)C(O)C(O)C1O. The van der Waals surface area contributed by atoms with Gasteiger partial charge in [0.1, 0.15) is 31.0 Å². The van der Waals surface area contributed by atoms with E-state index in [0.29, 0.717) is 6.42 Å². The van der Waals surface area contributed by atoms with Crippen LogP contribution in [-0.2, 0) is 28.5 Å². The molecule has 10 heteroatoms. The number of allylic oxidation sites excluding steroid dienone is 4. The maximum absolute atomic E-state index is 12.9. The number of hydrogen-bond donors (Lipinski definition) is 4. The van der Waals surface area contributed by atoms with Crippen LogP contribution in [0.3, 0.4) is 0 Å². The lowest BCUT2D eigenvalue weighted by Gasteiger charge is -2.39. The van der Waals surface area contributed by atoms with Gasteiger partial charge < -0.3 is 39.4 Å². The maximum Gasteiger partial charge on any atom is 0.306 e. The van der Waals surface area contributed by atoms with E-state index in [4.69, 9.17) is 18.9 Å². The van der Waals surface area contributed by atoms with Crippen LogP contribution in [0.4, 0.5) is 0 Å². The van der Waals surface area contributed by atoms with Crippen molar-refractivity contribution in [2.75, 3.05) is 19.8 Å². The van der Waals surface area contributed by atoms with E-state index in [0.717, 1.165) is 51.4 Å². The molecule has 0 amide bonds. The molecule has 394 valence electrons. The molecule has 0 aromatic heterocycles. The minimum absolute atomic E-state index is 0.214. The smallest absolute Gasteiger partial charge is 0.306 e. The molecule has 1 rings (SSSR count). The Balaban J connectivity index is 2.21. The van der Waals surface area contributed by atoms with Gasteiger partial charge in [0.05, 0.1) is 13.2 Å². The number of aliphatic hydroxyl groups is 4. The molecule has 67 heavy (non-hydrogen) atoms. The van der Waals surface area contributed by atoms with E-state index >= 15 is 0 Å². The zero-order valence-electron chi connectivity index (χ0n) is 43.4. The Kier molecular flexibility index (Phi) is 45.1. The van der Waals surface area contributed by atoms with Crippen molar-refractivity contribution in [3.63, 3.8) is 0 Å². The summed E-state index contributed by atoms with van der Waals surface area (Å²) in [6.07, 6.45) is 49.0. The molecule has 0 radical (unpaired) electrons. The standard InChI is InChI=1S/C57H106O10/c1-3-5-7-9-11-13-15-17-19-21-23-25-27-29-31-33-35-37-39-41-43-45-52(59)64-48-50(49-65-57-56(63)55(62)54(61)51(47-58)67-57)66-53(60)46-44-42-40-38-36-34-32-30-28-26-24-22-20-18-16-14-12-10-8-6-4-2/h16,18,22,24,50-51,54-58,61-63H,3-15,17,19-21,23,25-49H2,1-2H3/b18-16-,24-22-. The lowest BCUT2D eigenvalue weighted by atomic mass is 9.99. The number of rotatable bonds is 49. The van der Waals surface area contributed by atoms with Crippen LogP contribution in [-0.4, -0.2) is 89.0 Å². The van der Waals surface area contributed by atoms with Crippen LogP contribution in [0.1, 0.15) is 271 Å². The van der Waals surface area contributed by atoms with Crippen LogP contribution >= 0.6 is 0 Å². The van der Waals surface area contributed by atoms with Crippen LogP contribution in [0.15, 0.2) is 24.3 Å². The summed E-state index contributed by atoms with van der Waals surface area (Å²) in [6, 6.07) is 0. The first kappa shape index (κ1) is 63.2. The molecule has 0 aromatic rings. The minimum Gasteiger partial charge on any atom is -0.462 e. The second-order valence-corrected chi connectivity index (χ2v) is 19.7. The fraction of sp³-hybridized carbons (Fsp3) is 0.895. The zero-order valence-corrected chi connectivity index (χ0v) is 43.4. The highest BCUT2D eigenvalue weighted by Gasteiger charge is 2.44. The fourth-order valence-electron chi connectivity index (χ4n) is 8.87. The third-order valence-corrected chi connectivity index (χ3v) is 13.3. The van der Waals surface area contributed by atoms with E-state index in [-0.39, 0.29) is 32.0 Å². The maximum atomic E-state index is 12.9. The Hall–Kier alpha value is -1.82. The van der Waals surface area contributed by atoms with Crippen molar-refractivity contribution in [3.8, 4) is 0 Å². The van der Waals surface area contributed by atoms with E-state index in [1.165, 1.54) is 186 Å². The quantitative estimate of drug-likeness (QED) is 0.0263. The molecule has 4 N–H and O–H groups in total. The van der Waals surface area contributed by atoms with Crippen LogP contribution in [0.2, 0.25) is 0 Å². The van der Waals surface area contributed by atoms with Crippen LogP contribution in [0, 0.1) is 0 Å². The normalized spacial score (nSPS) is 19.2. The van der Waals surface area contributed by atoms with Crippen LogP contribution in [0.5, 0.6) is 0 Å². The summed E-state index contributed by atoms with van der Waals surface area (Å²) in [5.74, 6) is -0.795. The zero-order chi connectivity index (χ0) is 48.7. The van der Waals surface area contributed by atoms with Crippen LogP contribution in [0.25, 0.3) is 0 Å². The van der Waals surface area contributed by atoms with E-state index in [9.17, 15) is 30.0 Å². The Morgan fingerprint density at radius 3 is 1.24 bits per heavy atom. The van der Waals surface area contributed by atoms with Crippen molar-refractivity contribution in [2.24, 2.45) is 0 Å². The molecule has 1 aliphatic rings. The van der Waals surface area contributed by atoms with Gasteiger partial charge in [-0.15, -0.1) is 0 Å². The Morgan fingerprint density at radius 1 is 0.463 bits per heavy atom. The summed E-state index contributed by atoms with van der Waals surface area (Å²) in [7, 11) is 0. The molecular formula is C57H106O10. The monoisotopic (exact) mass is 951 g/mol. The third-order valence-electron chi connectivity index (χ3n) is 13.3. The number of carbonyl (C=O) groups excluding carboxylic acids is 2. The minimum atomic E-state index is -1.59. The lowest BCUT2D eigenvalue weighted by Crippen LogP contribution is -2.59. The number of aliphatic hydroxyl groups excluding tert-OH is 4. The molecule has 1 aliphatic heterocycles. The highest BCUT2D eigenvalue weighted by atomic mass is 16.7. The summed E-state index contributed by atoms with van der Waals surface area (Å²) in [4.78, 5) is 25.5. The number of unbranched alkanes of at least 4 members (excludes halogenated alkanes) is 34. The highest BCUT2D eigenvalue weighted by molar-refractivity contribution is 5.70. The molecule has 10 nitrogen and oxygen atoms in total. The molecule has 0 bridgehead atoms. The van der Waals surface area contributed by atoms with Gasteiger partial charge in [-0.25, -0.2) is 0 Å². The molecule has 0 aromatic carbocycles. The molecular weight excluding hydrogens is 845 g/mol. The molecule has 0 saturated carbocycles. The molecule has 0 aliphatic carbocycles. The first-order valence-corrected chi connectivity index (χ1v) is 28.4. The van der Waals surface area contributed by atoms with Crippen molar-refractivity contribution in [1.82, 2.24) is 0 Å². The van der Waals surface area contributed by atoms with Crippen molar-refractivity contribution in [2.45, 2.75) is 307 Å².